The Hall–Kier alpha value is -5.33. The monoisotopic (exact) mass is 536 g/mol. The highest BCUT2D eigenvalue weighted by Gasteiger charge is 2.16. The van der Waals surface area contributed by atoms with Crippen molar-refractivity contribution >= 4 is 29.5 Å². The zero-order chi connectivity index (χ0) is 28.5. The molecule has 0 aromatic heterocycles. The summed E-state index contributed by atoms with van der Waals surface area (Å²) in [6, 6.07) is 12.3. The van der Waals surface area contributed by atoms with Crippen LogP contribution in [0.1, 0.15) is 34.0 Å². The summed E-state index contributed by atoms with van der Waals surface area (Å²) in [7, 11) is 0. The van der Waals surface area contributed by atoms with Crippen LogP contribution >= 0.6 is 0 Å². The topological polar surface area (TPSA) is 172 Å². The maximum atomic E-state index is 12.5. The average Bonchev–Trinajstić information content (AvgIpc) is 2.89. The molecule has 0 aliphatic carbocycles. The van der Waals surface area contributed by atoms with Crippen LogP contribution < -0.4 is 19.6 Å². The summed E-state index contributed by atoms with van der Waals surface area (Å²) in [6.45, 7) is 4.95. The first-order valence-electron chi connectivity index (χ1n) is 11.5. The molecule has 3 rings (SSSR count). The van der Waals surface area contributed by atoms with E-state index < -0.39 is 21.7 Å². The lowest BCUT2D eigenvalue weighted by molar-refractivity contribution is -0.385. The standard InChI is InChI=1S/C26H24N4O9/c1-4-37-23-13-18(5-10-22(23)39-26(32)19-6-8-20(9-7-19)29(33)34)14-27-28-24(31)15-38-25-16(2)11-21(30(35)36)12-17(25)3/h5-14H,4,15H2,1-3H3,(H,28,31). The third-order valence-corrected chi connectivity index (χ3v) is 5.19. The Morgan fingerprint density at radius 3 is 2.13 bits per heavy atom. The Kier molecular flexibility index (Phi) is 9.24. The number of rotatable bonds is 11. The highest BCUT2D eigenvalue weighted by atomic mass is 16.6. The number of hydrogen-bond donors (Lipinski definition) is 1. The minimum Gasteiger partial charge on any atom is -0.490 e. The van der Waals surface area contributed by atoms with Gasteiger partial charge in [-0.3, -0.25) is 25.0 Å². The SMILES string of the molecule is CCOc1cc(C=NNC(=O)COc2c(C)cc([N+](=O)[O-])cc2C)ccc1OC(=O)c1ccc([N+](=O)[O-])cc1. The fourth-order valence-electron chi connectivity index (χ4n) is 3.44. The lowest BCUT2D eigenvalue weighted by Gasteiger charge is -2.12. The first kappa shape index (κ1) is 28.2. The number of amides is 1. The van der Waals surface area contributed by atoms with Crippen molar-refractivity contribution in [3.63, 3.8) is 0 Å². The molecular weight excluding hydrogens is 512 g/mol. The van der Waals surface area contributed by atoms with Gasteiger partial charge in [0.25, 0.3) is 17.3 Å². The van der Waals surface area contributed by atoms with Gasteiger partial charge in [0.05, 0.1) is 28.2 Å². The summed E-state index contributed by atoms with van der Waals surface area (Å²) in [6.07, 6.45) is 1.35. The van der Waals surface area contributed by atoms with Crippen LogP contribution in [0.3, 0.4) is 0 Å². The molecule has 0 atom stereocenters. The third kappa shape index (κ3) is 7.58. The van der Waals surface area contributed by atoms with Gasteiger partial charge in [0, 0.05) is 24.3 Å². The smallest absolute Gasteiger partial charge is 0.343 e. The molecule has 0 heterocycles. The molecule has 3 aromatic carbocycles. The van der Waals surface area contributed by atoms with E-state index in [2.05, 4.69) is 10.5 Å². The number of nitro groups is 2. The Morgan fingerprint density at radius 1 is 0.897 bits per heavy atom. The predicted octanol–water partition coefficient (Wildman–Crippen LogP) is 4.27. The Balaban J connectivity index is 1.61. The normalized spacial score (nSPS) is 10.6. The fraction of sp³-hybridized carbons (Fsp3) is 0.192. The van der Waals surface area contributed by atoms with E-state index in [0.717, 1.165) is 0 Å². The van der Waals surface area contributed by atoms with Crippen LogP contribution in [0.5, 0.6) is 17.2 Å². The van der Waals surface area contributed by atoms with Gasteiger partial charge < -0.3 is 14.2 Å². The zero-order valence-corrected chi connectivity index (χ0v) is 21.2. The Morgan fingerprint density at radius 2 is 1.54 bits per heavy atom. The number of benzene rings is 3. The lowest BCUT2D eigenvalue weighted by atomic mass is 10.1. The first-order chi connectivity index (χ1) is 18.6. The largest absolute Gasteiger partial charge is 0.490 e. The molecule has 0 spiro atoms. The van der Waals surface area contributed by atoms with Gasteiger partial charge in [-0.2, -0.15) is 5.10 Å². The van der Waals surface area contributed by atoms with Crippen molar-refractivity contribution in [1.82, 2.24) is 5.43 Å². The highest BCUT2D eigenvalue weighted by Crippen LogP contribution is 2.30. The number of hydrogen-bond acceptors (Lipinski definition) is 10. The molecule has 0 saturated carbocycles. The van der Waals surface area contributed by atoms with Crippen molar-refractivity contribution in [2.24, 2.45) is 5.10 Å². The second kappa shape index (κ2) is 12.8. The molecule has 0 radical (unpaired) electrons. The van der Waals surface area contributed by atoms with Crippen LogP contribution in [-0.2, 0) is 4.79 Å². The average molecular weight is 536 g/mol. The molecule has 13 nitrogen and oxygen atoms in total. The van der Waals surface area contributed by atoms with Gasteiger partial charge in [-0.25, -0.2) is 10.2 Å². The van der Waals surface area contributed by atoms with Crippen LogP contribution in [-0.4, -0.2) is 41.2 Å². The number of non-ortho nitro benzene ring substituents is 2. The molecule has 0 bridgehead atoms. The molecular formula is C26H24N4O9. The van der Waals surface area contributed by atoms with E-state index in [1.807, 2.05) is 0 Å². The molecule has 13 heteroatoms. The molecule has 0 saturated heterocycles. The quantitative estimate of drug-likeness (QED) is 0.123. The van der Waals surface area contributed by atoms with Gasteiger partial charge in [-0.05, 0) is 67.8 Å². The number of ether oxygens (including phenoxy) is 3. The van der Waals surface area contributed by atoms with E-state index in [1.165, 1.54) is 48.7 Å². The van der Waals surface area contributed by atoms with Gasteiger partial charge in [0.1, 0.15) is 5.75 Å². The zero-order valence-electron chi connectivity index (χ0n) is 21.2. The van der Waals surface area contributed by atoms with Gasteiger partial charge in [0.2, 0.25) is 0 Å². The van der Waals surface area contributed by atoms with Gasteiger partial charge in [-0.1, -0.05) is 0 Å². The van der Waals surface area contributed by atoms with E-state index in [4.69, 9.17) is 14.2 Å². The second-order valence-corrected chi connectivity index (χ2v) is 8.08. The number of carbonyl (C=O) groups is 2. The third-order valence-electron chi connectivity index (χ3n) is 5.19. The van der Waals surface area contributed by atoms with Crippen LogP contribution in [0.4, 0.5) is 11.4 Å². The molecule has 3 aromatic rings. The number of hydrazone groups is 1. The molecule has 202 valence electrons. The summed E-state index contributed by atoms with van der Waals surface area (Å²) in [5.41, 5.74) is 3.80. The Bertz CT molecular complexity index is 1410. The Labute approximate surface area is 222 Å². The maximum absolute atomic E-state index is 12.5. The minimum atomic E-state index is -0.724. The summed E-state index contributed by atoms with van der Waals surface area (Å²) < 4.78 is 16.5. The minimum absolute atomic E-state index is 0.0649. The molecule has 39 heavy (non-hydrogen) atoms. The number of nitrogens with one attached hydrogen (secondary N) is 1. The fourth-order valence-corrected chi connectivity index (χ4v) is 3.44. The van der Waals surface area contributed by atoms with Crippen LogP contribution in [0, 0.1) is 34.1 Å². The lowest BCUT2D eigenvalue weighted by Crippen LogP contribution is -2.25. The number of carbonyl (C=O) groups excluding carboxylic acids is 2. The van der Waals surface area contributed by atoms with E-state index >= 15 is 0 Å². The van der Waals surface area contributed by atoms with Crippen LogP contribution in [0.2, 0.25) is 0 Å². The highest BCUT2D eigenvalue weighted by molar-refractivity contribution is 5.92. The number of nitrogens with zero attached hydrogens (tertiary/aromatic N) is 3. The summed E-state index contributed by atoms with van der Waals surface area (Å²) >= 11 is 0. The van der Waals surface area contributed by atoms with Crippen molar-refractivity contribution in [3.05, 3.63) is 97.1 Å². The van der Waals surface area contributed by atoms with Crippen molar-refractivity contribution in [1.29, 1.82) is 0 Å². The summed E-state index contributed by atoms with van der Waals surface area (Å²) in [5.74, 6) is -0.529. The molecule has 1 amide bonds. The van der Waals surface area contributed by atoms with Crippen LogP contribution in [0.25, 0.3) is 0 Å². The first-order valence-corrected chi connectivity index (χ1v) is 11.5. The predicted molar refractivity (Wildman–Crippen MR) is 139 cm³/mol. The second-order valence-electron chi connectivity index (χ2n) is 8.08. The van der Waals surface area contributed by atoms with E-state index in [9.17, 15) is 29.8 Å². The van der Waals surface area contributed by atoms with Gasteiger partial charge in [-0.15, -0.1) is 0 Å². The maximum Gasteiger partial charge on any atom is 0.343 e. The van der Waals surface area contributed by atoms with Crippen molar-refractivity contribution in [2.75, 3.05) is 13.2 Å². The molecule has 0 aliphatic heterocycles. The van der Waals surface area contributed by atoms with Crippen molar-refractivity contribution in [3.8, 4) is 17.2 Å². The van der Waals surface area contributed by atoms with Gasteiger partial charge >= 0.3 is 5.97 Å². The van der Waals surface area contributed by atoms with Gasteiger partial charge in [0.15, 0.2) is 18.1 Å². The summed E-state index contributed by atoms with van der Waals surface area (Å²) in [5, 5.41) is 25.6. The molecule has 1 N–H and O–H groups in total. The van der Waals surface area contributed by atoms with E-state index in [-0.39, 0.29) is 41.7 Å². The van der Waals surface area contributed by atoms with Crippen molar-refractivity contribution < 1.29 is 33.6 Å². The molecule has 0 unspecified atom stereocenters. The van der Waals surface area contributed by atoms with Crippen molar-refractivity contribution in [2.45, 2.75) is 20.8 Å². The number of aryl methyl sites for hydroxylation is 2. The van der Waals surface area contributed by atoms with Crippen LogP contribution in [0.15, 0.2) is 59.7 Å². The number of nitro benzene ring substituents is 2. The number of esters is 1. The molecule has 0 aliphatic rings. The van der Waals surface area contributed by atoms with E-state index in [0.29, 0.717) is 22.4 Å². The summed E-state index contributed by atoms with van der Waals surface area (Å²) in [4.78, 5) is 45.3. The van der Waals surface area contributed by atoms with E-state index in [1.54, 1.807) is 32.9 Å². The molecule has 0 fully saturated rings.